The molecule has 11 heteroatoms. The molecule has 0 aliphatic carbocycles. The highest BCUT2D eigenvalue weighted by atomic mass is 32.1. The topological polar surface area (TPSA) is 81.0 Å². The summed E-state index contributed by atoms with van der Waals surface area (Å²) in [6.45, 7) is 1.71. The molecule has 0 atom stereocenters. The standard InChI is InChI=1S/C26H18F5N3O2S/c1-2-36-22-6-4-14(9-20(22)33)23-7-8-24(37-23)21-11-18(26(29,30)31)17(12-32)25(35)34(21)13-15-3-5-16(27)10-19(15)28/h3-11H,2,13,33H2,1H3. The first-order chi connectivity index (χ1) is 17.5. The fraction of sp³-hybridized carbons (Fsp3) is 0.154. The summed E-state index contributed by atoms with van der Waals surface area (Å²) in [5.74, 6) is -1.34. The predicted octanol–water partition coefficient (Wildman–Crippen LogP) is 6.44. The van der Waals surface area contributed by atoms with Gasteiger partial charge in [-0.15, -0.1) is 11.3 Å². The van der Waals surface area contributed by atoms with E-state index in [0.717, 1.165) is 28.0 Å². The van der Waals surface area contributed by atoms with Gasteiger partial charge in [-0.3, -0.25) is 4.79 Å². The van der Waals surface area contributed by atoms with E-state index in [1.54, 1.807) is 24.3 Å². The van der Waals surface area contributed by atoms with Gasteiger partial charge in [-0.1, -0.05) is 6.07 Å². The number of aromatic nitrogens is 1. The van der Waals surface area contributed by atoms with Crippen molar-refractivity contribution in [3.63, 3.8) is 0 Å². The zero-order valence-electron chi connectivity index (χ0n) is 19.2. The molecule has 2 N–H and O–H groups in total. The average molecular weight is 532 g/mol. The maximum atomic E-state index is 14.4. The fourth-order valence-electron chi connectivity index (χ4n) is 3.78. The van der Waals surface area contributed by atoms with E-state index < -0.39 is 41.0 Å². The number of thiophene rings is 1. The third-order valence-electron chi connectivity index (χ3n) is 5.51. The van der Waals surface area contributed by atoms with E-state index in [4.69, 9.17) is 10.5 Å². The molecule has 0 fully saturated rings. The first-order valence-corrected chi connectivity index (χ1v) is 11.7. The Morgan fingerprint density at radius 2 is 1.78 bits per heavy atom. The van der Waals surface area contributed by atoms with Crippen LogP contribution in [0.25, 0.3) is 21.0 Å². The molecule has 5 nitrogen and oxygen atoms in total. The van der Waals surface area contributed by atoms with Crippen molar-refractivity contribution in [1.82, 2.24) is 4.57 Å². The van der Waals surface area contributed by atoms with Crippen molar-refractivity contribution in [3.8, 4) is 32.8 Å². The van der Waals surface area contributed by atoms with Crippen LogP contribution < -0.4 is 16.0 Å². The summed E-state index contributed by atoms with van der Waals surface area (Å²) in [6.07, 6.45) is -4.98. The van der Waals surface area contributed by atoms with Gasteiger partial charge in [0, 0.05) is 16.5 Å². The molecule has 37 heavy (non-hydrogen) atoms. The van der Waals surface area contributed by atoms with E-state index in [0.29, 0.717) is 40.6 Å². The molecule has 190 valence electrons. The van der Waals surface area contributed by atoms with E-state index in [9.17, 15) is 32.0 Å². The van der Waals surface area contributed by atoms with Gasteiger partial charge < -0.3 is 15.0 Å². The Kier molecular flexibility index (Phi) is 7.05. The Labute approximate surface area is 211 Å². The van der Waals surface area contributed by atoms with Crippen LogP contribution >= 0.6 is 11.3 Å². The summed E-state index contributed by atoms with van der Waals surface area (Å²) >= 11 is 1.08. The second-order valence-corrected chi connectivity index (χ2v) is 8.99. The first kappa shape index (κ1) is 25.9. The van der Waals surface area contributed by atoms with E-state index in [1.165, 1.54) is 12.1 Å². The van der Waals surface area contributed by atoms with Crippen LogP contribution in [0.3, 0.4) is 0 Å². The highest BCUT2D eigenvalue weighted by Crippen LogP contribution is 2.39. The minimum Gasteiger partial charge on any atom is -0.492 e. The summed E-state index contributed by atoms with van der Waals surface area (Å²) in [5, 5.41) is 9.34. The van der Waals surface area contributed by atoms with E-state index in [2.05, 4.69) is 0 Å². The Hall–Kier alpha value is -4.17. The molecule has 0 spiro atoms. The van der Waals surface area contributed by atoms with Crippen LogP contribution in [0.4, 0.5) is 27.6 Å². The third-order valence-corrected chi connectivity index (χ3v) is 6.67. The highest BCUT2D eigenvalue weighted by Gasteiger charge is 2.36. The quantitative estimate of drug-likeness (QED) is 0.229. The lowest BCUT2D eigenvalue weighted by molar-refractivity contribution is -0.137. The lowest BCUT2D eigenvalue weighted by Crippen LogP contribution is -2.28. The van der Waals surface area contributed by atoms with Crippen molar-refractivity contribution in [2.24, 2.45) is 0 Å². The molecule has 0 amide bonds. The number of rotatable bonds is 6. The number of anilines is 1. The molecule has 0 unspecified atom stereocenters. The molecule has 4 aromatic rings. The second kappa shape index (κ2) is 10.1. The zero-order valence-corrected chi connectivity index (χ0v) is 20.0. The molecular formula is C26H18F5N3O2S. The molecule has 0 radical (unpaired) electrons. The lowest BCUT2D eigenvalue weighted by Gasteiger charge is -2.17. The number of alkyl halides is 3. The smallest absolute Gasteiger partial charge is 0.417 e. The van der Waals surface area contributed by atoms with Crippen molar-refractivity contribution in [2.45, 2.75) is 19.6 Å². The second-order valence-electron chi connectivity index (χ2n) is 7.90. The average Bonchev–Trinajstić information content (AvgIpc) is 3.32. The number of pyridine rings is 1. The van der Waals surface area contributed by atoms with Gasteiger partial charge in [-0.25, -0.2) is 8.78 Å². The van der Waals surface area contributed by atoms with Crippen molar-refractivity contribution < 1.29 is 26.7 Å². The Balaban J connectivity index is 1.89. The van der Waals surface area contributed by atoms with Crippen LogP contribution in [0.15, 0.2) is 59.4 Å². The number of hydrogen-bond donors (Lipinski definition) is 1. The molecule has 0 aliphatic heterocycles. The molecule has 0 saturated carbocycles. The van der Waals surface area contributed by atoms with Gasteiger partial charge in [0.25, 0.3) is 5.56 Å². The van der Waals surface area contributed by atoms with Crippen molar-refractivity contribution in [1.29, 1.82) is 5.26 Å². The summed E-state index contributed by atoms with van der Waals surface area (Å²) in [5.41, 5.74) is 3.01. The molecular weight excluding hydrogens is 513 g/mol. The number of nitrogens with two attached hydrogens (primary N) is 1. The fourth-order valence-corrected chi connectivity index (χ4v) is 4.81. The molecule has 0 saturated heterocycles. The highest BCUT2D eigenvalue weighted by molar-refractivity contribution is 7.18. The summed E-state index contributed by atoms with van der Waals surface area (Å²) < 4.78 is 75.4. The number of ether oxygens (including phenoxy) is 1. The van der Waals surface area contributed by atoms with E-state index in [-0.39, 0.29) is 16.1 Å². The number of nitrogen functional groups attached to an aromatic ring is 1. The number of halogens is 5. The number of nitrogens with zero attached hydrogens (tertiary/aromatic N) is 2. The van der Waals surface area contributed by atoms with Crippen molar-refractivity contribution in [3.05, 3.63) is 93.3 Å². The number of benzene rings is 2. The zero-order chi connectivity index (χ0) is 26.9. The maximum absolute atomic E-state index is 14.4. The van der Waals surface area contributed by atoms with Gasteiger partial charge in [-0.2, -0.15) is 18.4 Å². The molecule has 2 aromatic carbocycles. The predicted molar refractivity (Wildman–Crippen MR) is 130 cm³/mol. The lowest BCUT2D eigenvalue weighted by atomic mass is 10.1. The van der Waals surface area contributed by atoms with Gasteiger partial charge >= 0.3 is 6.18 Å². The van der Waals surface area contributed by atoms with Gasteiger partial charge in [-0.05, 0) is 55.0 Å². The maximum Gasteiger partial charge on any atom is 0.417 e. The van der Waals surface area contributed by atoms with Gasteiger partial charge in [0.15, 0.2) is 0 Å². The Morgan fingerprint density at radius 1 is 1.05 bits per heavy atom. The van der Waals surface area contributed by atoms with Crippen LogP contribution in [0.1, 0.15) is 23.6 Å². The van der Waals surface area contributed by atoms with E-state index >= 15 is 0 Å². The monoisotopic (exact) mass is 531 g/mol. The summed E-state index contributed by atoms with van der Waals surface area (Å²) in [7, 11) is 0. The van der Waals surface area contributed by atoms with Crippen LogP contribution in [-0.4, -0.2) is 11.2 Å². The SMILES string of the molecule is CCOc1ccc(-c2ccc(-c3cc(C(F)(F)F)c(C#N)c(=O)n3Cc3ccc(F)cc3F)s2)cc1N. The number of nitriles is 1. The first-order valence-electron chi connectivity index (χ1n) is 10.9. The Bertz CT molecular complexity index is 1580. The summed E-state index contributed by atoms with van der Waals surface area (Å²) in [6, 6.07) is 12.9. The van der Waals surface area contributed by atoms with E-state index in [1.807, 2.05) is 6.92 Å². The van der Waals surface area contributed by atoms with Gasteiger partial charge in [0.1, 0.15) is 29.0 Å². The molecule has 0 aliphatic rings. The minimum atomic E-state index is -4.98. The van der Waals surface area contributed by atoms with Gasteiger partial charge in [0.2, 0.25) is 0 Å². The molecule has 4 rings (SSSR count). The van der Waals surface area contributed by atoms with Crippen molar-refractivity contribution in [2.75, 3.05) is 12.3 Å². The minimum absolute atomic E-state index is 0.135. The normalized spacial score (nSPS) is 11.4. The largest absolute Gasteiger partial charge is 0.492 e. The van der Waals surface area contributed by atoms with Crippen LogP contribution in [0.2, 0.25) is 0 Å². The van der Waals surface area contributed by atoms with Crippen molar-refractivity contribution >= 4 is 17.0 Å². The summed E-state index contributed by atoms with van der Waals surface area (Å²) in [4.78, 5) is 14.0. The molecule has 0 bridgehead atoms. The van der Waals surface area contributed by atoms with Crippen LogP contribution in [0, 0.1) is 23.0 Å². The molecule has 2 aromatic heterocycles. The van der Waals surface area contributed by atoms with Gasteiger partial charge in [0.05, 0.1) is 35.0 Å². The third kappa shape index (κ3) is 5.20. The molecule has 2 heterocycles. The number of hydrogen-bond acceptors (Lipinski definition) is 5. The Morgan fingerprint density at radius 3 is 2.41 bits per heavy atom. The van der Waals surface area contributed by atoms with Crippen LogP contribution in [0.5, 0.6) is 5.75 Å². The van der Waals surface area contributed by atoms with Crippen LogP contribution in [-0.2, 0) is 12.7 Å².